The van der Waals surface area contributed by atoms with Crippen LogP contribution in [-0.4, -0.2) is 36.8 Å². The third kappa shape index (κ3) is 2.45. The second kappa shape index (κ2) is 5.80. The van der Waals surface area contributed by atoms with Crippen molar-refractivity contribution < 1.29 is 4.79 Å². The maximum absolute atomic E-state index is 11.4. The van der Waals surface area contributed by atoms with E-state index >= 15 is 0 Å². The Morgan fingerprint density at radius 1 is 1.36 bits per heavy atom. The minimum atomic E-state index is -0.618. The first-order valence-electron chi connectivity index (χ1n) is 6.74. The van der Waals surface area contributed by atoms with Crippen LogP contribution in [0.4, 0.5) is 4.79 Å². The number of nitrogens with zero attached hydrogens (tertiary/aromatic N) is 5. The standard InChI is InChI=1S/C14H16N6OS/c1-19-11-6-4-3-5-9(11)16-13(19)7-10-12(8-22-2)20(14(15)21)18-17-10/h3-6H,7-8H2,1-2H3,(H2,15,21). The largest absolute Gasteiger partial charge is 0.350 e. The van der Waals surface area contributed by atoms with E-state index in [1.165, 1.54) is 0 Å². The van der Waals surface area contributed by atoms with Gasteiger partial charge in [-0.1, -0.05) is 17.3 Å². The van der Waals surface area contributed by atoms with Gasteiger partial charge in [0.05, 0.1) is 28.8 Å². The molecule has 1 amide bonds. The van der Waals surface area contributed by atoms with E-state index in [9.17, 15) is 4.79 Å². The van der Waals surface area contributed by atoms with Crippen molar-refractivity contribution in [1.82, 2.24) is 24.5 Å². The zero-order valence-corrected chi connectivity index (χ0v) is 13.2. The molecular weight excluding hydrogens is 300 g/mol. The zero-order valence-electron chi connectivity index (χ0n) is 12.4. The molecule has 2 heterocycles. The molecule has 0 saturated carbocycles. The van der Waals surface area contributed by atoms with Gasteiger partial charge in [0.15, 0.2) is 0 Å². The van der Waals surface area contributed by atoms with Gasteiger partial charge in [0.25, 0.3) is 0 Å². The molecule has 7 nitrogen and oxygen atoms in total. The summed E-state index contributed by atoms with van der Waals surface area (Å²) in [5.41, 5.74) is 8.79. The highest BCUT2D eigenvalue weighted by Crippen LogP contribution is 2.19. The molecule has 0 spiro atoms. The molecule has 0 aliphatic rings. The molecule has 0 unspecified atom stereocenters. The van der Waals surface area contributed by atoms with Crippen molar-refractivity contribution in [1.29, 1.82) is 0 Å². The molecule has 0 fully saturated rings. The molecule has 2 aromatic heterocycles. The number of thioether (sulfide) groups is 1. The summed E-state index contributed by atoms with van der Waals surface area (Å²) < 4.78 is 3.19. The van der Waals surface area contributed by atoms with Gasteiger partial charge >= 0.3 is 6.03 Å². The number of carbonyl (C=O) groups excluding carboxylic acids is 1. The van der Waals surface area contributed by atoms with Crippen molar-refractivity contribution in [3.63, 3.8) is 0 Å². The molecule has 2 N–H and O–H groups in total. The normalized spacial score (nSPS) is 11.2. The lowest BCUT2D eigenvalue weighted by molar-refractivity contribution is 0.246. The van der Waals surface area contributed by atoms with Crippen LogP contribution in [0.2, 0.25) is 0 Å². The highest BCUT2D eigenvalue weighted by molar-refractivity contribution is 7.97. The Bertz CT molecular complexity index is 837. The predicted molar refractivity (Wildman–Crippen MR) is 85.7 cm³/mol. The van der Waals surface area contributed by atoms with E-state index in [0.29, 0.717) is 12.2 Å². The third-order valence-corrected chi connectivity index (χ3v) is 4.10. The Kier molecular flexibility index (Phi) is 3.84. The number of amides is 1. The van der Waals surface area contributed by atoms with Crippen molar-refractivity contribution in [2.75, 3.05) is 6.26 Å². The number of aromatic nitrogens is 5. The van der Waals surface area contributed by atoms with Crippen LogP contribution in [0, 0.1) is 0 Å². The lowest BCUT2D eigenvalue weighted by Gasteiger charge is -2.04. The maximum Gasteiger partial charge on any atom is 0.341 e. The quantitative estimate of drug-likeness (QED) is 0.788. The lowest BCUT2D eigenvalue weighted by Crippen LogP contribution is -2.23. The first-order chi connectivity index (χ1) is 10.6. The smallest absolute Gasteiger partial charge is 0.341 e. The van der Waals surface area contributed by atoms with Gasteiger partial charge in [-0.2, -0.15) is 16.4 Å². The van der Waals surface area contributed by atoms with Gasteiger partial charge in [0, 0.05) is 12.8 Å². The van der Waals surface area contributed by atoms with E-state index in [4.69, 9.17) is 5.73 Å². The van der Waals surface area contributed by atoms with Gasteiger partial charge in [-0.25, -0.2) is 9.78 Å². The number of fused-ring (bicyclic) bond motifs is 1. The maximum atomic E-state index is 11.4. The summed E-state index contributed by atoms with van der Waals surface area (Å²) in [5.74, 6) is 1.50. The fraction of sp³-hybridized carbons (Fsp3) is 0.286. The monoisotopic (exact) mass is 316 g/mol. The second-order valence-electron chi connectivity index (χ2n) is 4.92. The molecule has 8 heteroatoms. The van der Waals surface area contributed by atoms with Crippen molar-refractivity contribution in [3.8, 4) is 0 Å². The SMILES string of the molecule is CSCc1c(Cc2nc3ccccc3n2C)nnn1C(N)=O. The van der Waals surface area contributed by atoms with E-state index in [2.05, 4.69) is 15.3 Å². The average molecular weight is 316 g/mol. The summed E-state index contributed by atoms with van der Waals surface area (Å²) in [6, 6.07) is 7.32. The van der Waals surface area contributed by atoms with E-state index in [0.717, 1.165) is 32.9 Å². The summed E-state index contributed by atoms with van der Waals surface area (Å²) >= 11 is 1.59. The minimum absolute atomic E-state index is 0.508. The van der Waals surface area contributed by atoms with Crippen LogP contribution >= 0.6 is 11.8 Å². The van der Waals surface area contributed by atoms with Crippen LogP contribution in [0.1, 0.15) is 17.2 Å². The van der Waals surface area contributed by atoms with Crippen molar-refractivity contribution in [2.45, 2.75) is 12.2 Å². The number of para-hydroxylation sites is 2. The average Bonchev–Trinajstić information content (AvgIpc) is 3.03. The zero-order chi connectivity index (χ0) is 15.7. The summed E-state index contributed by atoms with van der Waals surface area (Å²) in [6.45, 7) is 0. The number of hydrogen-bond donors (Lipinski definition) is 1. The van der Waals surface area contributed by atoms with Gasteiger partial charge in [0.1, 0.15) is 5.82 Å². The number of carbonyl (C=O) groups is 1. The number of imidazole rings is 1. The molecule has 114 valence electrons. The Morgan fingerprint density at radius 3 is 2.82 bits per heavy atom. The fourth-order valence-corrected chi connectivity index (χ4v) is 2.99. The van der Waals surface area contributed by atoms with Gasteiger partial charge < -0.3 is 10.3 Å². The van der Waals surface area contributed by atoms with Gasteiger partial charge in [-0.3, -0.25) is 0 Å². The first kappa shape index (κ1) is 14.6. The number of hydrogen-bond acceptors (Lipinski definition) is 5. The van der Waals surface area contributed by atoms with Gasteiger partial charge in [-0.15, -0.1) is 5.10 Å². The minimum Gasteiger partial charge on any atom is -0.350 e. The van der Waals surface area contributed by atoms with Crippen LogP contribution in [0.3, 0.4) is 0 Å². The molecular formula is C14H16N6OS. The molecule has 0 aliphatic carbocycles. The molecule has 0 saturated heterocycles. The topological polar surface area (TPSA) is 91.6 Å². The number of rotatable bonds is 4. The summed E-state index contributed by atoms with van der Waals surface area (Å²) in [7, 11) is 1.97. The van der Waals surface area contributed by atoms with Crippen molar-refractivity contribution >= 4 is 28.8 Å². The molecule has 0 bridgehead atoms. The van der Waals surface area contributed by atoms with E-state index < -0.39 is 6.03 Å². The summed E-state index contributed by atoms with van der Waals surface area (Å²) in [6.07, 6.45) is 2.46. The highest BCUT2D eigenvalue weighted by Gasteiger charge is 2.18. The van der Waals surface area contributed by atoms with Gasteiger partial charge in [-0.05, 0) is 18.4 Å². The Morgan fingerprint density at radius 2 is 2.14 bits per heavy atom. The molecule has 0 atom stereocenters. The third-order valence-electron chi connectivity index (χ3n) is 3.54. The van der Waals surface area contributed by atoms with Crippen LogP contribution < -0.4 is 5.73 Å². The van der Waals surface area contributed by atoms with Gasteiger partial charge in [0.2, 0.25) is 0 Å². The first-order valence-corrected chi connectivity index (χ1v) is 8.13. The second-order valence-corrected chi connectivity index (χ2v) is 5.78. The van der Waals surface area contributed by atoms with Crippen molar-refractivity contribution in [3.05, 3.63) is 41.5 Å². The lowest BCUT2D eigenvalue weighted by atomic mass is 10.2. The fourth-order valence-electron chi connectivity index (χ4n) is 2.43. The molecule has 0 aliphatic heterocycles. The molecule has 0 radical (unpaired) electrons. The predicted octanol–water partition coefficient (Wildman–Crippen LogP) is 1.55. The Labute approximate surface area is 131 Å². The van der Waals surface area contributed by atoms with Crippen LogP contribution in [0.5, 0.6) is 0 Å². The molecule has 3 rings (SSSR count). The van der Waals surface area contributed by atoms with E-state index in [1.807, 2.05) is 42.1 Å². The van der Waals surface area contributed by atoms with E-state index in [1.54, 1.807) is 11.8 Å². The summed E-state index contributed by atoms with van der Waals surface area (Å²) in [5, 5.41) is 7.96. The Hall–Kier alpha value is -2.35. The van der Waals surface area contributed by atoms with Crippen LogP contribution in [0.25, 0.3) is 11.0 Å². The van der Waals surface area contributed by atoms with Crippen LogP contribution in [0.15, 0.2) is 24.3 Å². The Balaban J connectivity index is 2.01. The summed E-state index contributed by atoms with van der Waals surface area (Å²) in [4.78, 5) is 16.0. The number of nitrogens with two attached hydrogens (primary N) is 1. The highest BCUT2D eigenvalue weighted by atomic mass is 32.2. The van der Waals surface area contributed by atoms with Crippen LogP contribution in [-0.2, 0) is 19.2 Å². The number of primary amides is 1. The van der Waals surface area contributed by atoms with E-state index in [-0.39, 0.29) is 0 Å². The number of benzene rings is 1. The van der Waals surface area contributed by atoms with Crippen molar-refractivity contribution in [2.24, 2.45) is 12.8 Å². The number of aryl methyl sites for hydroxylation is 1. The molecule has 22 heavy (non-hydrogen) atoms. The molecule has 3 aromatic rings. The molecule has 1 aromatic carbocycles.